The fraction of sp³-hybridized carbons (Fsp3) is 0.333. The molecule has 0 N–H and O–H groups in total. The number of amides is 1. The fourth-order valence-corrected chi connectivity index (χ4v) is 3.39. The van der Waals surface area contributed by atoms with Gasteiger partial charge in [-0.3, -0.25) is 4.79 Å². The molecule has 1 atom stereocenters. The molecule has 0 spiro atoms. The van der Waals surface area contributed by atoms with Crippen LogP contribution in [0.5, 0.6) is 0 Å². The van der Waals surface area contributed by atoms with E-state index in [9.17, 15) is 4.79 Å². The van der Waals surface area contributed by atoms with Gasteiger partial charge in [-0.2, -0.15) is 0 Å². The molecule has 0 aromatic heterocycles. The molecule has 1 unspecified atom stereocenters. The van der Waals surface area contributed by atoms with Crippen LogP contribution in [0.3, 0.4) is 0 Å². The van der Waals surface area contributed by atoms with E-state index in [1.165, 1.54) is 5.56 Å². The molecule has 0 bridgehead atoms. The first-order chi connectivity index (χ1) is 12.7. The summed E-state index contributed by atoms with van der Waals surface area (Å²) in [5, 5.41) is 0. The van der Waals surface area contributed by atoms with Gasteiger partial charge >= 0.3 is 0 Å². The van der Waals surface area contributed by atoms with E-state index in [1.54, 1.807) is 4.90 Å². The number of aliphatic imine (C=N–C) groups is 1. The molecule has 5 heteroatoms. The minimum Gasteiger partial charge on any atom is -0.378 e. The van der Waals surface area contributed by atoms with Gasteiger partial charge in [0.05, 0.1) is 18.9 Å². The number of carbonyl (C=O) groups is 1. The average Bonchev–Trinajstić information content (AvgIpc) is 3.00. The van der Waals surface area contributed by atoms with Crippen molar-refractivity contribution in [2.24, 2.45) is 4.99 Å². The Labute approximate surface area is 153 Å². The second-order valence-electron chi connectivity index (χ2n) is 6.74. The van der Waals surface area contributed by atoms with E-state index < -0.39 is 0 Å². The molecule has 2 aromatic rings. The highest BCUT2D eigenvalue weighted by molar-refractivity contribution is 6.22. The maximum atomic E-state index is 13.2. The monoisotopic (exact) mass is 349 g/mol. The predicted octanol–water partition coefficient (Wildman–Crippen LogP) is 2.64. The first-order valence-corrected chi connectivity index (χ1v) is 9.07. The van der Waals surface area contributed by atoms with Crippen molar-refractivity contribution in [3.8, 4) is 0 Å². The largest absolute Gasteiger partial charge is 0.378 e. The lowest BCUT2D eigenvalue weighted by Gasteiger charge is -2.32. The van der Waals surface area contributed by atoms with Crippen molar-refractivity contribution >= 4 is 17.6 Å². The number of rotatable bonds is 3. The number of carbonyl (C=O) groups excluding carboxylic acids is 1. The van der Waals surface area contributed by atoms with Crippen molar-refractivity contribution < 1.29 is 9.53 Å². The highest BCUT2D eigenvalue weighted by atomic mass is 16.5. The lowest BCUT2D eigenvalue weighted by atomic mass is 10.1. The minimum atomic E-state index is -0.378. The number of morpholine rings is 1. The van der Waals surface area contributed by atoms with Crippen LogP contribution in [0.1, 0.15) is 11.1 Å². The first-order valence-electron chi connectivity index (χ1n) is 9.07. The van der Waals surface area contributed by atoms with E-state index in [0.717, 1.165) is 30.3 Å². The van der Waals surface area contributed by atoms with Crippen molar-refractivity contribution in [1.29, 1.82) is 0 Å². The number of guanidine groups is 1. The number of nitrogens with zero attached hydrogens (tertiary/aromatic N) is 3. The van der Waals surface area contributed by atoms with E-state index in [2.05, 4.69) is 4.90 Å². The molecule has 1 fully saturated rings. The van der Waals surface area contributed by atoms with Gasteiger partial charge in [0.1, 0.15) is 6.04 Å². The van der Waals surface area contributed by atoms with Crippen LogP contribution in [0, 0.1) is 6.92 Å². The molecular weight excluding hydrogens is 326 g/mol. The highest BCUT2D eigenvalue weighted by Crippen LogP contribution is 2.25. The summed E-state index contributed by atoms with van der Waals surface area (Å²) in [6.07, 6.45) is 0.621. The van der Waals surface area contributed by atoms with Crippen LogP contribution in [-0.4, -0.2) is 49.1 Å². The smallest absolute Gasteiger partial charge is 0.259 e. The van der Waals surface area contributed by atoms with Crippen LogP contribution in [-0.2, 0) is 16.0 Å². The van der Waals surface area contributed by atoms with Gasteiger partial charge in [-0.15, -0.1) is 0 Å². The number of hydrogen-bond acceptors (Lipinski definition) is 4. The Morgan fingerprint density at radius 2 is 1.73 bits per heavy atom. The van der Waals surface area contributed by atoms with Gasteiger partial charge in [0, 0.05) is 19.5 Å². The molecular formula is C21H23N3O2. The Hall–Kier alpha value is -2.66. The topological polar surface area (TPSA) is 45.1 Å². The summed E-state index contributed by atoms with van der Waals surface area (Å²) < 4.78 is 5.47. The number of hydrogen-bond donors (Lipinski definition) is 0. The lowest BCUT2D eigenvalue weighted by Crippen LogP contribution is -2.49. The van der Waals surface area contributed by atoms with Crippen molar-refractivity contribution in [2.45, 2.75) is 19.4 Å². The third kappa shape index (κ3) is 3.35. The maximum absolute atomic E-state index is 13.2. The molecule has 1 amide bonds. The SMILES string of the molecule is Cc1ccc(N2C(=O)C(Cc3ccccc3)N=C2N2CCOCC2)cc1. The first kappa shape index (κ1) is 16.8. The number of anilines is 1. The number of ether oxygens (including phenoxy) is 1. The summed E-state index contributed by atoms with van der Waals surface area (Å²) in [6, 6.07) is 17.8. The minimum absolute atomic E-state index is 0.0409. The number of aryl methyl sites for hydroxylation is 1. The van der Waals surface area contributed by atoms with Crippen LogP contribution in [0.4, 0.5) is 5.69 Å². The molecule has 1 saturated heterocycles. The summed E-state index contributed by atoms with van der Waals surface area (Å²) in [5.74, 6) is 0.794. The van der Waals surface area contributed by atoms with E-state index in [-0.39, 0.29) is 11.9 Å². The van der Waals surface area contributed by atoms with Gasteiger partial charge in [0.25, 0.3) is 5.91 Å². The highest BCUT2D eigenvalue weighted by Gasteiger charge is 2.38. The Kier molecular flexibility index (Phi) is 4.71. The Balaban J connectivity index is 1.65. The molecule has 5 nitrogen and oxygen atoms in total. The number of benzene rings is 2. The molecule has 26 heavy (non-hydrogen) atoms. The molecule has 0 radical (unpaired) electrons. The zero-order valence-corrected chi connectivity index (χ0v) is 15.0. The van der Waals surface area contributed by atoms with E-state index in [1.807, 2.05) is 61.5 Å². The Bertz CT molecular complexity index is 796. The van der Waals surface area contributed by atoms with E-state index in [4.69, 9.17) is 9.73 Å². The molecule has 2 aliphatic rings. The van der Waals surface area contributed by atoms with Crippen LogP contribution in [0.15, 0.2) is 59.6 Å². The van der Waals surface area contributed by atoms with Gasteiger partial charge in [-0.25, -0.2) is 9.89 Å². The summed E-state index contributed by atoms with van der Waals surface area (Å²) in [6.45, 7) is 4.89. The summed E-state index contributed by atoms with van der Waals surface area (Å²) in [5.41, 5.74) is 3.18. The lowest BCUT2D eigenvalue weighted by molar-refractivity contribution is -0.118. The van der Waals surface area contributed by atoms with Crippen LogP contribution in [0.25, 0.3) is 0 Å². The predicted molar refractivity (Wildman–Crippen MR) is 102 cm³/mol. The molecule has 2 heterocycles. The second kappa shape index (κ2) is 7.30. The van der Waals surface area contributed by atoms with Crippen LogP contribution in [0.2, 0.25) is 0 Å². The molecule has 2 aromatic carbocycles. The Morgan fingerprint density at radius 3 is 2.42 bits per heavy atom. The van der Waals surface area contributed by atoms with Crippen molar-refractivity contribution in [2.75, 3.05) is 31.2 Å². The van der Waals surface area contributed by atoms with Gasteiger partial charge in [-0.05, 0) is 24.6 Å². The average molecular weight is 349 g/mol. The van der Waals surface area contributed by atoms with Crippen LogP contribution < -0.4 is 4.90 Å². The second-order valence-corrected chi connectivity index (χ2v) is 6.74. The van der Waals surface area contributed by atoms with Gasteiger partial charge in [-0.1, -0.05) is 48.0 Å². The Morgan fingerprint density at radius 1 is 1.04 bits per heavy atom. The quantitative estimate of drug-likeness (QED) is 0.856. The van der Waals surface area contributed by atoms with Gasteiger partial charge in [0.15, 0.2) is 0 Å². The normalized spacial score (nSPS) is 20.4. The summed E-state index contributed by atoms with van der Waals surface area (Å²) in [7, 11) is 0. The van der Waals surface area contributed by atoms with E-state index in [0.29, 0.717) is 19.6 Å². The molecule has 2 aliphatic heterocycles. The molecule has 134 valence electrons. The maximum Gasteiger partial charge on any atom is 0.259 e. The summed E-state index contributed by atoms with van der Waals surface area (Å²) in [4.78, 5) is 22.0. The van der Waals surface area contributed by atoms with Gasteiger partial charge in [0.2, 0.25) is 5.96 Å². The van der Waals surface area contributed by atoms with Gasteiger partial charge < -0.3 is 9.64 Å². The third-order valence-corrected chi connectivity index (χ3v) is 4.83. The zero-order valence-electron chi connectivity index (χ0n) is 15.0. The zero-order chi connectivity index (χ0) is 17.9. The third-order valence-electron chi connectivity index (χ3n) is 4.83. The van der Waals surface area contributed by atoms with Crippen molar-refractivity contribution in [1.82, 2.24) is 4.90 Å². The van der Waals surface area contributed by atoms with Crippen molar-refractivity contribution in [3.63, 3.8) is 0 Å². The van der Waals surface area contributed by atoms with E-state index >= 15 is 0 Å². The standard InChI is InChI=1S/C21H23N3O2/c1-16-7-9-18(10-8-16)24-20(25)19(15-17-5-3-2-4-6-17)22-21(24)23-11-13-26-14-12-23/h2-10,19H,11-15H2,1H3. The molecule has 0 aliphatic carbocycles. The fourth-order valence-electron chi connectivity index (χ4n) is 3.39. The molecule has 0 saturated carbocycles. The van der Waals surface area contributed by atoms with Crippen LogP contribution >= 0.6 is 0 Å². The summed E-state index contributed by atoms with van der Waals surface area (Å²) >= 11 is 0. The van der Waals surface area contributed by atoms with Crippen molar-refractivity contribution in [3.05, 3.63) is 65.7 Å². The molecule has 4 rings (SSSR count).